The van der Waals surface area contributed by atoms with Crippen molar-refractivity contribution in [3.63, 3.8) is 0 Å². The molecule has 222 valence electrons. The first-order valence-corrected chi connectivity index (χ1v) is 17.0. The van der Waals surface area contributed by atoms with Gasteiger partial charge in [0.05, 0.1) is 31.3 Å². The van der Waals surface area contributed by atoms with Crippen LogP contribution >= 0.6 is 0 Å². The highest BCUT2D eigenvalue weighted by Gasteiger charge is 2.51. The first-order chi connectivity index (χ1) is 18.9. The fourth-order valence-corrected chi connectivity index (χ4v) is 11.6. The fourth-order valence-electron chi connectivity index (χ4n) is 6.94. The van der Waals surface area contributed by atoms with Crippen molar-refractivity contribution in [1.82, 2.24) is 0 Å². The molecule has 0 bridgehead atoms. The van der Waals surface area contributed by atoms with Crippen molar-refractivity contribution >= 4 is 24.7 Å². The lowest BCUT2D eigenvalue weighted by atomic mass is 9.75. The van der Waals surface area contributed by atoms with Gasteiger partial charge in [-0.05, 0) is 47.0 Å². The van der Waals surface area contributed by atoms with Crippen LogP contribution in [0.2, 0.25) is 5.04 Å². The van der Waals surface area contributed by atoms with Gasteiger partial charge in [0.15, 0.2) is 0 Å². The van der Waals surface area contributed by atoms with E-state index in [0.717, 1.165) is 12.8 Å². The maximum atomic E-state index is 12.2. The molecule has 0 saturated carbocycles. The Labute approximate surface area is 243 Å². The zero-order valence-electron chi connectivity index (χ0n) is 26.1. The summed E-state index contributed by atoms with van der Waals surface area (Å²) in [6.07, 6.45) is 0.971. The summed E-state index contributed by atoms with van der Waals surface area (Å²) in [4.78, 5) is 12.2. The highest BCUT2D eigenvalue weighted by atomic mass is 28.4. The highest BCUT2D eigenvalue weighted by molar-refractivity contribution is 6.99. The Morgan fingerprint density at radius 1 is 0.975 bits per heavy atom. The van der Waals surface area contributed by atoms with Gasteiger partial charge in [0, 0.05) is 18.4 Å². The quantitative estimate of drug-likeness (QED) is 0.273. The van der Waals surface area contributed by atoms with Gasteiger partial charge in [-0.2, -0.15) is 0 Å². The molecule has 0 radical (unpaired) electrons. The van der Waals surface area contributed by atoms with Crippen molar-refractivity contribution in [1.29, 1.82) is 0 Å². The second kappa shape index (κ2) is 13.8. The van der Waals surface area contributed by atoms with Crippen molar-refractivity contribution in [3.8, 4) is 0 Å². The van der Waals surface area contributed by atoms with Crippen LogP contribution in [0.5, 0.6) is 0 Å². The van der Waals surface area contributed by atoms with Gasteiger partial charge in [-0.25, -0.2) is 0 Å². The van der Waals surface area contributed by atoms with Crippen LogP contribution < -0.4 is 10.4 Å². The summed E-state index contributed by atoms with van der Waals surface area (Å²) >= 11 is 0. The van der Waals surface area contributed by atoms with Crippen molar-refractivity contribution < 1.29 is 23.8 Å². The lowest BCUT2D eigenvalue weighted by molar-refractivity contribution is -0.176. The lowest BCUT2D eigenvalue weighted by Crippen LogP contribution is -2.67. The minimum Gasteiger partial charge on any atom is -0.469 e. The van der Waals surface area contributed by atoms with Crippen LogP contribution in [0.1, 0.15) is 68.2 Å². The first kappa shape index (κ1) is 32.5. The molecule has 5 nitrogen and oxygen atoms in total. The van der Waals surface area contributed by atoms with Gasteiger partial charge in [0.2, 0.25) is 0 Å². The predicted molar refractivity (Wildman–Crippen MR) is 165 cm³/mol. The number of hydrogen-bond acceptors (Lipinski definition) is 5. The lowest BCUT2D eigenvalue weighted by Gasteiger charge is -2.47. The fraction of sp³-hybridized carbons (Fsp3) is 0.618. The van der Waals surface area contributed by atoms with E-state index in [-0.39, 0.29) is 35.0 Å². The zero-order chi connectivity index (χ0) is 29.7. The SMILES string of the molecule is CC[C@@H](CO[Si](c1ccccc1)(c1ccccc1)C(C)(C)C)[C@@H]1O[C@@H]([C@@H](C)[C@H](O)[C@H](C)C(=O)OC)[C@@H](C)C[C@@H]1C. The smallest absolute Gasteiger partial charge is 0.311 e. The summed E-state index contributed by atoms with van der Waals surface area (Å²) in [5, 5.41) is 13.5. The minimum absolute atomic E-state index is 0.00694. The molecule has 2 aromatic rings. The molecule has 2 aromatic carbocycles. The number of methoxy groups -OCH3 is 1. The van der Waals surface area contributed by atoms with Crippen molar-refractivity contribution in [2.45, 2.75) is 91.6 Å². The molecule has 1 heterocycles. The normalized spacial score (nSPS) is 25.1. The first-order valence-electron chi connectivity index (χ1n) is 15.0. The third-order valence-corrected chi connectivity index (χ3v) is 14.2. The number of esters is 1. The van der Waals surface area contributed by atoms with Crippen molar-refractivity contribution in [3.05, 3.63) is 60.7 Å². The highest BCUT2D eigenvalue weighted by Crippen LogP contribution is 2.41. The molecule has 0 amide bonds. The number of carbonyl (C=O) groups excluding carboxylic acids is 1. The monoisotopic (exact) mass is 568 g/mol. The van der Waals surface area contributed by atoms with Gasteiger partial charge in [0.25, 0.3) is 8.32 Å². The Kier molecular flexibility index (Phi) is 11.2. The summed E-state index contributed by atoms with van der Waals surface area (Å²) in [7, 11) is -1.30. The van der Waals surface area contributed by atoms with Gasteiger partial charge in [-0.3, -0.25) is 4.79 Å². The van der Waals surface area contributed by atoms with Crippen molar-refractivity contribution in [2.75, 3.05) is 13.7 Å². The summed E-state index contributed by atoms with van der Waals surface area (Å²) < 4.78 is 19.1. The molecule has 3 rings (SSSR count). The average Bonchev–Trinajstić information content (AvgIpc) is 2.94. The topological polar surface area (TPSA) is 65.0 Å². The molecule has 0 aliphatic carbocycles. The van der Waals surface area contributed by atoms with Crippen LogP contribution in [0.4, 0.5) is 0 Å². The van der Waals surface area contributed by atoms with E-state index < -0.39 is 26.3 Å². The molecule has 1 aliphatic rings. The third-order valence-electron chi connectivity index (χ3n) is 9.24. The number of aliphatic hydroxyl groups is 1. The number of aliphatic hydroxyl groups excluding tert-OH is 1. The van der Waals surface area contributed by atoms with Crippen LogP contribution in [0.15, 0.2) is 60.7 Å². The van der Waals surface area contributed by atoms with E-state index in [4.69, 9.17) is 13.9 Å². The summed E-state index contributed by atoms with van der Waals surface area (Å²) in [6, 6.07) is 21.5. The van der Waals surface area contributed by atoms with Crippen LogP contribution in [0, 0.1) is 29.6 Å². The van der Waals surface area contributed by atoms with E-state index in [1.807, 2.05) is 6.92 Å². The molecule has 0 spiro atoms. The van der Waals surface area contributed by atoms with E-state index in [0.29, 0.717) is 12.5 Å². The second-order valence-electron chi connectivity index (χ2n) is 13.1. The Morgan fingerprint density at radius 3 is 1.93 bits per heavy atom. The van der Waals surface area contributed by atoms with Crippen LogP contribution in [0.3, 0.4) is 0 Å². The predicted octanol–water partition coefficient (Wildman–Crippen LogP) is 5.83. The number of benzene rings is 2. The van der Waals surface area contributed by atoms with Gasteiger partial charge < -0.3 is 19.0 Å². The molecule has 40 heavy (non-hydrogen) atoms. The van der Waals surface area contributed by atoms with Crippen LogP contribution in [-0.4, -0.2) is 51.4 Å². The van der Waals surface area contributed by atoms with E-state index in [9.17, 15) is 9.90 Å². The van der Waals surface area contributed by atoms with Crippen molar-refractivity contribution in [2.24, 2.45) is 29.6 Å². The Balaban J connectivity index is 1.91. The largest absolute Gasteiger partial charge is 0.469 e. The molecule has 1 N–H and O–H groups in total. The molecule has 6 heteroatoms. The van der Waals surface area contributed by atoms with Gasteiger partial charge >= 0.3 is 5.97 Å². The third kappa shape index (κ3) is 6.72. The average molecular weight is 569 g/mol. The zero-order valence-corrected chi connectivity index (χ0v) is 27.1. The Morgan fingerprint density at radius 2 is 1.48 bits per heavy atom. The van der Waals surface area contributed by atoms with Gasteiger partial charge in [-0.1, -0.05) is 109 Å². The van der Waals surface area contributed by atoms with Crippen LogP contribution in [0.25, 0.3) is 0 Å². The Bertz CT molecular complexity index is 1010. The van der Waals surface area contributed by atoms with Crippen LogP contribution in [-0.2, 0) is 18.7 Å². The summed E-state index contributed by atoms with van der Waals surface area (Å²) in [6.45, 7) is 18.0. The van der Waals surface area contributed by atoms with E-state index in [1.54, 1.807) is 6.92 Å². The summed E-state index contributed by atoms with van der Waals surface area (Å²) in [5.74, 6) is -0.354. The minimum atomic E-state index is -2.66. The maximum Gasteiger partial charge on any atom is 0.311 e. The number of ether oxygens (including phenoxy) is 2. The summed E-state index contributed by atoms with van der Waals surface area (Å²) in [5.41, 5.74) is 0. The number of carbonyl (C=O) groups is 1. The Hall–Kier alpha value is -1.99. The molecule has 1 saturated heterocycles. The van der Waals surface area contributed by atoms with E-state index >= 15 is 0 Å². The number of rotatable bonds is 11. The molecule has 8 atom stereocenters. The van der Waals surface area contributed by atoms with E-state index in [2.05, 4.69) is 102 Å². The van der Waals surface area contributed by atoms with Gasteiger partial charge in [0.1, 0.15) is 0 Å². The molecule has 0 aromatic heterocycles. The molecule has 0 unspecified atom stereocenters. The second-order valence-corrected chi connectivity index (χ2v) is 17.4. The number of hydrogen-bond donors (Lipinski definition) is 1. The maximum absolute atomic E-state index is 12.2. The molecular weight excluding hydrogens is 516 g/mol. The standard InChI is InChI=1S/C34H52O5Si/c1-10-27(32-24(3)21-23(2)31(39-32)25(4)30(35)26(5)33(36)37-9)22-38-40(34(6,7)8,28-17-13-11-14-18-28)29-19-15-12-16-20-29/h11-20,23-27,30-32,35H,10,21-22H2,1-9H3/t23-,24-,25-,26-,27-,30-,31+,32+/m0/s1. The van der Waals surface area contributed by atoms with Gasteiger partial charge in [-0.15, -0.1) is 0 Å². The molecule has 1 fully saturated rings. The van der Waals surface area contributed by atoms with E-state index in [1.165, 1.54) is 17.5 Å². The molecule has 1 aliphatic heterocycles. The molecular formula is C34H52O5Si.